The fourth-order valence-electron chi connectivity index (χ4n) is 3.63. The van der Waals surface area contributed by atoms with E-state index >= 15 is 0 Å². The van der Waals surface area contributed by atoms with Crippen LogP contribution in [0.2, 0.25) is 0 Å². The second kappa shape index (κ2) is 9.15. The summed E-state index contributed by atoms with van der Waals surface area (Å²) in [6.45, 7) is 6.03. The summed E-state index contributed by atoms with van der Waals surface area (Å²) < 4.78 is 7.34. The maximum atomic E-state index is 13.2. The molecule has 6 heteroatoms. The second-order valence-electron chi connectivity index (χ2n) is 7.33. The fourth-order valence-corrected chi connectivity index (χ4v) is 3.63. The largest absolute Gasteiger partial charge is 0.383 e. The first-order valence-electron chi connectivity index (χ1n) is 9.63. The average Bonchev–Trinajstić information content (AvgIpc) is 3.08. The quantitative estimate of drug-likeness (QED) is 0.751. The number of ether oxygens (including phenoxy) is 1. The molecule has 1 aromatic heterocycles. The van der Waals surface area contributed by atoms with Crippen LogP contribution in [-0.2, 0) is 11.3 Å². The Kier molecular flexibility index (Phi) is 6.63. The Labute approximate surface area is 161 Å². The molecule has 0 saturated carbocycles. The number of aryl methyl sites for hydroxylation is 1. The molecule has 27 heavy (non-hydrogen) atoms. The molecular formula is C21H30N4O2. The molecule has 0 N–H and O–H groups in total. The third-order valence-electron chi connectivity index (χ3n) is 5.40. The summed E-state index contributed by atoms with van der Waals surface area (Å²) >= 11 is 0. The zero-order valence-electron chi connectivity index (χ0n) is 16.6. The van der Waals surface area contributed by atoms with E-state index in [9.17, 15) is 4.79 Å². The average molecular weight is 370 g/mol. The normalized spacial score (nSPS) is 15.8. The molecular weight excluding hydrogens is 340 g/mol. The van der Waals surface area contributed by atoms with Crippen molar-refractivity contribution in [2.75, 3.05) is 40.4 Å². The summed E-state index contributed by atoms with van der Waals surface area (Å²) in [4.78, 5) is 21.7. The maximum absolute atomic E-state index is 13.2. The van der Waals surface area contributed by atoms with Crippen molar-refractivity contribution in [1.29, 1.82) is 0 Å². The van der Waals surface area contributed by atoms with Crippen molar-refractivity contribution in [3.63, 3.8) is 0 Å². The van der Waals surface area contributed by atoms with Crippen LogP contribution < -0.4 is 0 Å². The number of piperidine rings is 1. The minimum atomic E-state index is 0.104. The molecule has 1 amide bonds. The Hall–Kier alpha value is -2.18. The number of carbonyl (C=O) groups excluding carboxylic acids is 1. The van der Waals surface area contributed by atoms with Crippen molar-refractivity contribution in [3.8, 4) is 0 Å². The maximum Gasteiger partial charge on any atom is 0.254 e. The molecule has 0 bridgehead atoms. The monoisotopic (exact) mass is 370 g/mol. The molecule has 1 saturated heterocycles. The minimum absolute atomic E-state index is 0.104. The third-order valence-corrected chi connectivity index (χ3v) is 5.40. The van der Waals surface area contributed by atoms with Crippen molar-refractivity contribution in [2.24, 2.45) is 0 Å². The van der Waals surface area contributed by atoms with Crippen LogP contribution in [0.1, 0.15) is 34.6 Å². The first-order valence-corrected chi connectivity index (χ1v) is 9.63. The summed E-state index contributed by atoms with van der Waals surface area (Å²) in [6.07, 6.45) is 5.82. The van der Waals surface area contributed by atoms with Gasteiger partial charge in [0.25, 0.3) is 5.91 Å². The van der Waals surface area contributed by atoms with Gasteiger partial charge in [-0.1, -0.05) is 12.1 Å². The highest BCUT2D eigenvalue weighted by atomic mass is 16.5. The number of carbonyl (C=O) groups is 1. The van der Waals surface area contributed by atoms with Gasteiger partial charge in [0.1, 0.15) is 5.82 Å². The molecule has 0 spiro atoms. The molecule has 0 radical (unpaired) electrons. The van der Waals surface area contributed by atoms with E-state index in [0.717, 1.165) is 49.4 Å². The van der Waals surface area contributed by atoms with Gasteiger partial charge in [0.2, 0.25) is 0 Å². The summed E-state index contributed by atoms with van der Waals surface area (Å²) in [5, 5.41) is 0. The molecule has 0 aliphatic carbocycles. The zero-order chi connectivity index (χ0) is 19.2. The van der Waals surface area contributed by atoms with Crippen LogP contribution in [0.15, 0.2) is 36.7 Å². The predicted molar refractivity (Wildman–Crippen MR) is 106 cm³/mol. The topological polar surface area (TPSA) is 50.6 Å². The lowest BCUT2D eigenvalue weighted by Gasteiger charge is -2.37. The van der Waals surface area contributed by atoms with E-state index in [1.165, 1.54) is 0 Å². The van der Waals surface area contributed by atoms with E-state index in [1.54, 1.807) is 7.11 Å². The van der Waals surface area contributed by atoms with Crippen molar-refractivity contribution in [2.45, 2.75) is 32.4 Å². The van der Waals surface area contributed by atoms with Gasteiger partial charge in [0.05, 0.1) is 6.61 Å². The van der Waals surface area contributed by atoms with E-state index in [4.69, 9.17) is 4.74 Å². The standard InChI is InChI=1S/C21H30N4O2/c1-17-22-10-13-24(17)16-18-4-6-19(7-5-18)21(26)25(14-15-27-3)20-8-11-23(2)12-9-20/h4-7,10,13,20H,8-9,11-12,14-16H2,1-3H3. The molecule has 3 rings (SSSR count). The predicted octanol–water partition coefficient (Wildman–Crippen LogP) is 2.42. The van der Waals surface area contributed by atoms with E-state index in [-0.39, 0.29) is 11.9 Å². The van der Waals surface area contributed by atoms with E-state index in [2.05, 4.69) is 21.5 Å². The fraction of sp³-hybridized carbons (Fsp3) is 0.524. The number of likely N-dealkylation sites (tertiary alicyclic amines) is 1. The summed E-state index contributed by atoms with van der Waals surface area (Å²) in [6, 6.07) is 8.25. The lowest BCUT2D eigenvalue weighted by Crippen LogP contribution is -2.47. The van der Waals surface area contributed by atoms with Crippen LogP contribution in [0, 0.1) is 6.92 Å². The smallest absolute Gasteiger partial charge is 0.254 e. The van der Waals surface area contributed by atoms with Gasteiger partial charge >= 0.3 is 0 Å². The highest BCUT2D eigenvalue weighted by Gasteiger charge is 2.27. The molecule has 1 aliphatic heterocycles. The van der Waals surface area contributed by atoms with Crippen molar-refractivity contribution >= 4 is 5.91 Å². The Morgan fingerprint density at radius 2 is 1.96 bits per heavy atom. The molecule has 0 unspecified atom stereocenters. The molecule has 1 aliphatic rings. The minimum Gasteiger partial charge on any atom is -0.383 e. The Morgan fingerprint density at radius 1 is 1.26 bits per heavy atom. The molecule has 6 nitrogen and oxygen atoms in total. The number of nitrogens with zero attached hydrogens (tertiary/aromatic N) is 4. The number of rotatable bonds is 7. The van der Waals surface area contributed by atoms with Gasteiger partial charge in [0, 0.05) is 44.2 Å². The molecule has 1 aromatic carbocycles. The number of hydrogen-bond acceptors (Lipinski definition) is 4. The van der Waals surface area contributed by atoms with E-state index < -0.39 is 0 Å². The van der Waals surface area contributed by atoms with Gasteiger partial charge in [-0.15, -0.1) is 0 Å². The van der Waals surface area contributed by atoms with E-state index in [1.807, 2.05) is 48.5 Å². The second-order valence-corrected chi connectivity index (χ2v) is 7.33. The first-order chi connectivity index (χ1) is 13.1. The number of hydrogen-bond donors (Lipinski definition) is 0. The SMILES string of the molecule is COCCN(C(=O)c1ccc(Cn2ccnc2C)cc1)C1CCN(C)CC1. The van der Waals surface area contributed by atoms with Gasteiger partial charge < -0.3 is 19.1 Å². The lowest BCUT2D eigenvalue weighted by molar-refractivity contribution is 0.0505. The number of aromatic nitrogens is 2. The van der Waals surface area contributed by atoms with Crippen molar-refractivity contribution < 1.29 is 9.53 Å². The lowest BCUT2D eigenvalue weighted by atomic mass is 10.0. The Morgan fingerprint density at radius 3 is 2.56 bits per heavy atom. The van der Waals surface area contributed by atoms with Crippen LogP contribution in [0.25, 0.3) is 0 Å². The van der Waals surface area contributed by atoms with Crippen molar-refractivity contribution in [1.82, 2.24) is 19.4 Å². The van der Waals surface area contributed by atoms with Gasteiger partial charge in [-0.2, -0.15) is 0 Å². The summed E-state index contributed by atoms with van der Waals surface area (Å²) in [5.74, 6) is 1.09. The van der Waals surface area contributed by atoms with Crippen LogP contribution in [-0.4, -0.2) is 71.7 Å². The third kappa shape index (κ3) is 4.96. The number of methoxy groups -OCH3 is 1. The number of imidazole rings is 1. The molecule has 2 heterocycles. The number of amides is 1. The first kappa shape index (κ1) is 19.6. The molecule has 146 valence electrons. The van der Waals surface area contributed by atoms with Gasteiger partial charge in [-0.05, 0) is 57.6 Å². The van der Waals surface area contributed by atoms with Gasteiger partial charge in [-0.25, -0.2) is 4.98 Å². The molecule has 0 atom stereocenters. The van der Waals surface area contributed by atoms with Gasteiger partial charge in [-0.3, -0.25) is 4.79 Å². The van der Waals surface area contributed by atoms with Crippen LogP contribution in [0.5, 0.6) is 0 Å². The van der Waals surface area contributed by atoms with E-state index in [0.29, 0.717) is 13.2 Å². The molecule has 1 fully saturated rings. The summed E-state index contributed by atoms with van der Waals surface area (Å²) in [5.41, 5.74) is 1.91. The highest BCUT2D eigenvalue weighted by Crippen LogP contribution is 2.19. The van der Waals surface area contributed by atoms with Crippen LogP contribution in [0.3, 0.4) is 0 Å². The summed E-state index contributed by atoms with van der Waals surface area (Å²) in [7, 11) is 3.82. The van der Waals surface area contributed by atoms with Crippen molar-refractivity contribution in [3.05, 3.63) is 53.6 Å². The number of benzene rings is 1. The van der Waals surface area contributed by atoms with Crippen LogP contribution in [0.4, 0.5) is 0 Å². The zero-order valence-corrected chi connectivity index (χ0v) is 16.6. The Balaban J connectivity index is 1.70. The Bertz CT molecular complexity index is 733. The molecule has 2 aromatic rings. The van der Waals surface area contributed by atoms with Crippen LogP contribution >= 0.6 is 0 Å². The highest BCUT2D eigenvalue weighted by molar-refractivity contribution is 5.94. The van der Waals surface area contributed by atoms with Gasteiger partial charge in [0.15, 0.2) is 0 Å².